The van der Waals surface area contributed by atoms with Crippen LogP contribution in [0.25, 0.3) is 0 Å². The molecule has 1 atom stereocenters. The van der Waals surface area contributed by atoms with Crippen molar-refractivity contribution in [2.24, 2.45) is 5.92 Å². The molecule has 1 aromatic carbocycles. The van der Waals surface area contributed by atoms with Crippen molar-refractivity contribution in [2.45, 2.75) is 26.2 Å². The van der Waals surface area contributed by atoms with Crippen LogP contribution >= 0.6 is 0 Å². The molecule has 1 amide bonds. The number of hydrogen-bond donors (Lipinski definition) is 1. The monoisotopic (exact) mass is 217 g/mol. The van der Waals surface area contributed by atoms with Crippen molar-refractivity contribution in [2.75, 3.05) is 5.32 Å². The molecule has 0 heterocycles. The number of Topliss-reactive ketones (excluding diaryl/α,β-unsaturated/α-hetero) is 1. The molecule has 0 unspecified atom stereocenters. The van der Waals surface area contributed by atoms with E-state index in [2.05, 4.69) is 5.32 Å². The van der Waals surface area contributed by atoms with Crippen LogP contribution in [-0.2, 0) is 9.59 Å². The van der Waals surface area contributed by atoms with Gasteiger partial charge < -0.3 is 5.32 Å². The molecule has 0 aromatic heterocycles. The Balaban J connectivity index is 2.08. The lowest BCUT2D eigenvalue weighted by Crippen LogP contribution is -2.25. The number of para-hydroxylation sites is 1. The van der Waals surface area contributed by atoms with Gasteiger partial charge in [-0.2, -0.15) is 0 Å². The molecular weight excluding hydrogens is 202 g/mol. The second-order valence-electron chi connectivity index (χ2n) is 4.22. The number of aryl methyl sites for hydroxylation is 1. The molecule has 1 aliphatic rings. The molecule has 0 bridgehead atoms. The topological polar surface area (TPSA) is 46.2 Å². The smallest absolute Gasteiger partial charge is 0.234 e. The summed E-state index contributed by atoms with van der Waals surface area (Å²) in [6.07, 6.45) is 2.08. The molecule has 1 saturated carbocycles. The Hall–Kier alpha value is -1.64. The van der Waals surface area contributed by atoms with E-state index < -0.39 is 5.92 Å². The summed E-state index contributed by atoms with van der Waals surface area (Å²) < 4.78 is 0. The van der Waals surface area contributed by atoms with Gasteiger partial charge in [0.1, 0.15) is 5.78 Å². The van der Waals surface area contributed by atoms with Crippen molar-refractivity contribution in [3.05, 3.63) is 29.8 Å². The fraction of sp³-hybridized carbons (Fsp3) is 0.385. The van der Waals surface area contributed by atoms with Crippen molar-refractivity contribution in [1.82, 2.24) is 0 Å². The van der Waals surface area contributed by atoms with Crippen LogP contribution in [0.1, 0.15) is 24.8 Å². The summed E-state index contributed by atoms with van der Waals surface area (Å²) in [5.41, 5.74) is 1.81. The van der Waals surface area contributed by atoms with Crippen molar-refractivity contribution in [3.8, 4) is 0 Å². The van der Waals surface area contributed by atoms with Gasteiger partial charge in [-0.1, -0.05) is 18.2 Å². The van der Waals surface area contributed by atoms with Crippen molar-refractivity contribution in [3.63, 3.8) is 0 Å². The first-order valence-corrected chi connectivity index (χ1v) is 5.57. The van der Waals surface area contributed by atoms with E-state index in [1.54, 1.807) is 0 Å². The summed E-state index contributed by atoms with van der Waals surface area (Å²) in [4.78, 5) is 23.3. The third-order valence-electron chi connectivity index (χ3n) is 3.02. The quantitative estimate of drug-likeness (QED) is 0.772. The Morgan fingerprint density at radius 1 is 1.38 bits per heavy atom. The first kappa shape index (κ1) is 10.9. The molecule has 0 saturated heterocycles. The van der Waals surface area contributed by atoms with Gasteiger partial charge in [0.15, 0.2) is 0 Å². The van der Waals surface area contributed by atoms with E-state index in [-0.39, 0.29) is 11.7 Å². The zero-order valence-corrected chi connectivity index (χ0v) is 9.32. The lowest BCUT2D eigenvalue weighted by molar-refractivity contribution is -0.129. The van der Waals surface area contributed by atoms with E-state index >= 15 is 0 Å². The van der Waals surface area contributed by atoms with Crippen LogP contribution in [0.5, 0.6) is 0 Å². The third-order valence-corrected chi connectivity index (χ3v) is 3.02. The highest BCUT2D eigenvalue weighted by Gasteiger charge is 2.30. The molecule has 3 nitrogen and oxygen atoms in total. The van der Waals surface area contributed by atoms with Gasteiger partial charge in [0.2, 0.25) is 5.91 Å². The van der Waals surface area contributed by atoms with Crippen LogP contribution in [0.3, 0.4) is 0 Å². The molecule has 0 spiro atoms. The Kier molecular flexibility index (Phi) is 3.04. The highest BCUT2D eigenvalue weighted by Crippen LogP contribution is 2.23. The number of nitrogens with one attached hydrogen (secondary N) is 1. The van der Waals surface area contributed by atoms with Crippen LogP contribution in [0.4, 0.5) is 5.69 Å². The molecule has 16 heavy (non-hydrogen) atoms. The van der Waals surface area contributed by atoms with E-state index in [0.717, 1.165) is 17.7 Å². The van der Waals surface area contributed by atoms with E-state index in [4.69, 9.17) is 0 Å². The number of amides is 1. The number of carbonyl (C=O) groups excluding carboxylic acids is 2. The average Bonchev–Trinajstić information content (AvgIpc) is 2.68. The number of hydrogen-bond acceptors (Lipinski definition) is 2. The Morgan fingerprint density at radius 2 is 2.12 bits per heavy atom. The van der Waals surface area contributed by atoms with Crippen LogP contribution in [0.2, 0.25) is 0 Å². The van der Waals surface area contributed by atoms with E-state index in [1.807, 2.05) is 31.2 Å². The highest BCUT2D eigenvalue weighted by atomic mass is 16.2. The summed E-state index contributed by atoms with van der Waals surface area (Å²) in [7, 11) is 0. The first-order chi connectivity index (χ1) is 7.68. The molecule has 0 aliphatic heterocycles. The predicted octanol–water partition coefficient (Wildman–Crippen LogP) is 2.30. The van der Waals surface area contributed by atoms with Gasteiger partial charge in [0.05, 0.1) is 5.92 Å². The van der Waals surface area contributed by atoms with Crippen LogP contribution < -0.4 is 5.32 Å². The van der Waals surface area contributed by atoms with Crippen molar-refractivity contribution in [1.29, 1.82) is 0 Å². The second kappa shape index (κ2) is 4.47. The molecule has 1 aliphatic carbocycles. The first-order valence-electron chi connectivity index (χ1n) is 5.57. The number of carbonyl (C=O) groups is 2. The van der Waals surface area contributed by atoms with Crippen LogP contribution in [-0.4, -0.2) is 11.7 Å². The van der Waals surface area contributed by atoms with Gasteiger partial charge in [-0.3, -0.25) is 9.59 Å². The van der Waals surface area contributed by atoms with Gasteiger partial charge in [-0.25, -0.2) is 0 Å². The number of ketones is 1. The maximum atomic E-state index is 11.8. The molecule has 1 fully saturated rings. The van der Waals surface area contributed by atoms with Crippen LogP contribution in [0, 0.1) is 12.8 Å². The minimum absolute atomic E-state index is 0.0751. The Labute approximate surface area is 94.9 Å². The minimum Gasteiger partial charge on any atom is -0.325 e. The van der Waals surface area contributed by atoms with Gasteiger partial charge in [-0.15, -0.1) is 0 Å². The van der Waals surface area contributed by atoms with Gasteiger partial charge in [0.25, 0.3) is 0 Å². The van der Waals surface area contributed by atoms with Gasteiger partial charge >= 0.3 is 0 Å². The lowest BCUT2D eigenvalue weighted by Gasteiger charge is -2.11. The minimum atomic E-state index is -0.431. The van der Waals surface area contributed by atoms with E-state index in [9.17, 15) is 9.59 Å². The summed E-state index contributed by atoms with van der Waals surface area (Å²) >= 11 is 0. The van der Waals surface area contributed by atoms with Crippen LogP contribution in [0.15, 0.2) is 24.3 Å². The number of anilines is 1. The lowest BCUT2D eigenvalue weighted by atomic mass is 10.1. The summed E-state index contributed by atoms with van der Waals surface area (Å²) in [6.45, 7) is 1.94. The van der Waals surface area contributed by atoms with Gasteiger partial charge in [0, 0.05) is 12.1 Å². The largest absolute Gasteiger partial charge is 0.325 e. The zero-order valence-electron chi connectivity index (χ0n) is 9.32. The standard InChI is InChI=1S/C13H15NO2/c1-9-5-2-3-7-11(9)14-13(16)10-6-4-8-12(10)15/h2-3,5,7,10H,4,6,8H2,1H3,(H,14,16)/t10-/m1/s1. The molecule has 1 N–H and O–H groups in total. The van der Waals surface area contributed by atoms with E-state index in [1.165, 1.54) is 0 Å². The fourth-order valence-corrected chi connectivity index (χ4v) is 2.03. The summed E-state index contributed by atoms with van der Waals surface area (Å²) in [5, 5.41) is 2.82. The third kappa shape index (κ3) is 2.13. The second-order valence-corrected chi connectivity index (χ2v) is 4.22. The number of rotatable bonds is 2. The van der Waals surface area contributed by atoms with Crippen molar-refractivity contribution < 1.29 is 9.59 Å². The molecule has 84 valence electrons. The maximum Gasteiger partial charge on any atom is 0.234 e. The molecule has 0 radical (unpaired) electrons. The Bertz CT molecular complexity index is 426. The molecule has 2 rings (SSSR count). The maximum absolute atomic E-state index is 11.8. The summed E-state index contributed by atoms with van der Waals surface area (Å²) in [6, 6.07) is 7.59. The Morgan fingerprint density at radius 3 is 2.75 bits per heavy atom. The molecule has 1 aromatic rings. The fourth-order valence-electron chi connectivity index (χ4n) is 2.03. The van der Waals surface area contributed by atoms with E-state index in [0.29, 0.717) is 12.8 Å². The predicted molar refractivity (Wildman–Crippen MR) is 62.2 cm³/mol. The van der Waals surface area contributed by atoms with Crippen molar-refractivity contribution >= 4 is 17.4 Å². The molecular formula is C13H15NO2. The zero-order chi connectivity index (χ0) is 11.5. The highest BCUT2D eigenvalue weighted by molar-refractivity contribution is 6.08. The summed E-state index contributed by atoms with van der Waals surface area (Å²) in [5.74, 6) is -0.512. The SMILES string of the molecule is Cc1ccccc1NC(=O)[C@@H]1CCCC1=O. The average molecular weight is 217 g/mol. The number of benzene rings is 1. The normalized spacial score (nSPS) is 19.8. The molecule has 3 heteroatoms. The van der Waals surface area contributed by atoms with Gasteiger partial charge in [-0.05, 0) is 31.4 Å².